The molecule has 0 aromatic rings. The first-order valence-electron chi connectivity index (χ1n) is 5.26. The maximum atomic E-state index is 11.2. The van der Waals surface area contributed by atoms with Gasteiger partial charge in [-0.3, -0.25) is 4.21 Å². The minimum atomic E-state index is -2.35. The summed E-state index contributed by atoms with van der Waals surface area (Å²) in [5, 5.41) is 9.17. The zero-order valence-corrected chi connectivity index (χ0v) is 10.4. The predicted octanol–water partition coefficient (Wildman–Crippen LogP) is 1.28. The van der Waals surface area contributed by atoms with Crippen molar-refractivity contribution in [2.45, 2.75) is 6.42 Å². The maximum Gasteiger partial charge on any atom is 0.0514 e. The van der Waals surface area contributed by atoms with E-state index in [0.717, 1.165) is 5.57 Å². The molecule has 0 aromatic carbocycles. The van der Waals surface area contributed by atoms with Crippen LogP contribution in [0, 0.1) is 5.92 Å². The Labute approximate surface area is 104 Å². The summed E-state index contributed by atoms with van der Waals surface area (Å²) in [5.74, 6) is -0.0823. The first kappa shape index (κ1) is 13.9. The van der Waals surface area contributed by atoms with Crippen LogP contribution in [-0.4, -0.2) is 31.3 Å². The lowest BCUT2D eigenvalue weighted by molar-refractivity contribution is 0.197. The van der Waals surface area contributed by atoms with E-state index in [1.54, 1.807) is 24.3 Å². The average molecular weight is 254 g/mol. The van der Waals surface area contributed by atoms with Crippen LogP contribution in [0.5, 0.6) is 0 Å². The molecular weight excluding hydrogens is 238 g/mol. The average Bonchev–Trinajstić information content (AvgIpc) is 2.31. The van der Waals surface area contributed by atoms with E-state index in [1.165, 1.54) is 4.31 Å². The summed E-state index contributed by atoms with van der Waals surface area (Å²) in [5.41, 5.74) is 1.44. The Morgan fingerprint density at radius 3 is 2.59 bits per heavy atom. The van der Waals surface area contributed by atoms with Crippen molar-refractivity contribution in [1.29, 1.82) is 0 Å². The first-order chi connectivity index (χ1) is 8.13. The van der Waals surface area contributed by atoms with Gasteiger partial charge in [-0.15, -0.1) is 0 Å². The SMILES string of the molecule is C=C/C=C1/C[C@@H](CO)CN(S(=O)[O-])/C1=C/C=C. The van der Waals surface area contributed by atoms with Crippen LogP contribution in [0.3, 0.4) is 0 Å². The highest BCUT2D eigenvalue weighted by Crippen LogP contribution is 2.30. The van der Waals surface area contributed by atoms with Gasteiger partial charge < -0.3 is 14.0 Å². The molecule has 1 unspecified atom stereocenters. The highest BCUT2D eigenvalue weighted by molar-refractivity contribution is 7.76. The Bertz CT molecular complexity index is 387. The number of aliphatic hydroxyl groups is 1. The minimum Gasteiger partial charge on any atom is -0.755 e. The van der Waals surface area contributed by atoms with Crippen LogP contribution in [0.2, 0.25) is 0 Å². The number of aliphatic hydroxyl groups excluding tert-OH is 1. The van der Waals surface area contributed by atoms with Gasteiger partial charge in [-0.1, -0.05) is 31.4 Å². The van der Waals surface area contributed by atoms with E-state index in [9.17, 15) is 13.9 Å². The number of hydrogen-bond acceptors (Lipinski definition) is 3. The third kappa shape index (κ3) is 3.39. The summed E-state index contributed by atoms with van der Waals surface area (Å²) in [7, 11) is 0. The molecule has 1 fully saturated rings. The van der Waals surface area contributed by atoms with Gasteiger partial charge >= 0.3 is 0 Å². The van der Waals surface area contributed by atoms with Crippen molar-refractivity contribution < 1.29 is 13.9 Å². The van der Waals surface area contributed by atoms with E-state index in [1.807, 2.05) is 0 Å². The fraction of sp³-hybridized carbons (Fsp3) is 0.333. The number of nitrogens with zero attached hydrogens (tertiary/aromatic N) is 1. The van der Waals surface area contributed by atoms with Gasteiger partial charge in [-0.2, -0.15) is 0 Å². The molecule has 94 valence electrons. The Morgan fingerprint density at radius 1 is 1.47 bits per heavy atom. The van der Waals surface area contributed by atoms with Gasteiger partial charge in [0.2, 0.25) is 0 Å². The number of rotatable bonds is 4. The molecule has 0 radical (unpaired) electrons. The highest BCUT2D eigenvalue weighted by atomic mass is 32.2. The van der Waals surface area contributed by atoms with Crippen LogP contribution in [0.1, 0.15) is 6.42 Å². The van der Waals surface area contributed by atoms with Crippen molar-refractivity contribution in [3.8, 4) is 0 Å². The minimum absolute atomic E-state index is 0.0381. The molecular formula is C12H16NO3S-. The zero-order chi connectivity index (χ0) is 12.8. The summed E-state index contributed by atoms with van der Waals surface area (Å²) >= 11 is -2.35. The lowest BCUT2D eigenvalue weighted by Crippen LogP contribution is -2.37. The normalized spacial score (nSPS) is 27.2. The largest absolute Gasteiger partial charge is 0.755 e. The zero-order valence-electron chi connectivity index (χ0n) is 9.54. The van der Waals surface area contributed by atoms with Gasteiger partial charge in [-0.25, -0.2) is 0 Å². The fourth-order valence-electron chi connectivity index (χ4n) is 1.83. The third-order valence-corrected chi connectivity index (χ3v) is 3.27. The van der Waals surface area contributed by atoms with Crippen molar-refractivity contribution >= 4 is 11.3 Å². The van der Waals surface area contributed by atoms with Gasteiger partial charge in [-0.05, 0) is 18.1 Å². The van der Waals surface area contributed by atoms with E-state index < -0.39 is 11.3 Å². The van der Waals surface area contributed by atoms with E-state index in [0.29, 0.717) is 18.7 Å². The highest BCUT2D eigenvalue weighted by Gasteiger charge is 2.26. The smallest absolute Gasteiger partial charge is 0.0514 e. The lowest BCUT2D eigenvalue weighted by atomic mass is 9.93. The second kappa shape index (κ2) is 6.54. The summed E-state index contributed by atoms with van der Waals surface area (Å²) in [6, 6.07) is 0. The van der Waals surface area contributed by atoms with Crippen molar-refractivity contribution in [2.75, 3.05) is 13.2 Å². The molecule has 0 aromatic heterocycles. The third-order valence-electron chi connectivity index (χ3n) is 2.56. The molecule has 1 aliphatic heterocycles. The number of hydrogen-bond donors (Lipinski definition) is 1. The molecule has 17 heavy (non-hydrogen) atoms. The molecule has 0 aliphatic carbocycles. The standard InChI is InChI=1S/C12H17NO3S/c1-3-5-11-7-10(9-14)8-13(17(15)16)12(11)6-4-2/h3-6,10,14H,1-2,7-9H2,(H,15,16)/p-1/b11-5-,12-6+/t10-/m1/s1. The van der Waals surface area contributed by atoms with Crippen molar-refractivity contribution in [3.63, 3.8) is 0 Å². The second-order valence-electron chi connectivity index (χ2n) is 3.75. The van der Waals surface area contributed by atoms with Crippen molar-refractivity contribution in [2.24, 2.45) is 5.92 Å². The molecule has 1 saturated heterocycles. The van der Waals surface area contributed by atoms with Gasteiger partial charge in [0.25, 0.3) is 0 Å². The number of allylic oxidation sites excluding steroid dienone is 5. The number of piperidine rings is 1. The van der Waals surface area contributed by atoms with Crippen molar-refractivity contribution in [1.82, 2.24) is 4.31 Å². The van der Waals surface area contributed by atoms with Crippen molar-refractivity contribution in [3.05, 3.63) is 48.7 Å². The van der Waals surface area contributed by atoms with Crippen LogP contribution in [-0.2, 0) is 11.3 Å². The Hall–Kier alpha value is -1.17. The summed E-state index contributed by atoms with van der Waals surface area (Å²) in [4.78, 5) is 0. The molecule has 1 aliphatic rings. The Balaban J connectivity index is 3.13. The van der Waals surface area contributed by atoms with Crippen LogP contribution >= 0.6 is 0 Å². The monoisotopic (exact) mass is 254 g/mol. The molecule has 5 heteroatoms. The van der Waals surface area contributed by atoms with E-state index in [-0.39, 0.29) is 12.5 Å². The molecule has 1 heterocycles. The fourth-order valence-corrected chi connectivity index (χ4v) is 2.51. The topological polar surface area (TPSA) is 63.6 Å². The molecule has 0 saturated carbocycles. The quantitative estimate of drug-likeness (QED) is 0.769. The van der Waals surface area contributed by atoms with E-state index >= 15 is 0 Å². The predicted molar refractivity (Wildman–Crippen MR) is 67.4 cm³/mol. The van der Waals surface area contributed by atoms with E-state index in [2.05, 4.69) is 13.2 Å². The van der Waals surface area contributed by atoms with Crippen LogP contribution in [0.15, 0.2) is 48.7 Å². The second-order valence-corrected chi connectivity index (χ2v) is 4.62. The van der Waals surface area contributed by atoms with Gasteiger partial charge in [0.1, 0.15) is 0 Å². The van der Waals surface area contributed by atoms with Gasteiger partial charge in [0, 0.05) is 30.3 Å². The van der Waals surface area contributed by atoms with Crippen LogP contribution in [0.25, 0.3) is 0 Å². The van der Waals surface area contributed by atoms with Crippen LogP contribution in [0.4, 0.5) is 0 Å². The summed E-state index contributed by atoms with van der Waals surface area (Å²) < 4.78 is 23.6. The molecule has 1 N–H and O–H groups in total. The molecule has 2 atom stereocenters. The Morgan fingerprint density at radius 2 is 2.12 bits per heavy atom. The molecule has 4 nitrogen and oxygen atoms in total. The Kier molecular flexibility index (Phi) is 5.34. The molecule has 0 spiro atoms. The van der Waals surface area contributed by atoms with Crippen LogP contribution < -0.4 is 0 Å². The summed E-state index contributed by atoms with van der Waals surface area (Å²) in [6.07, 6.45) is 7.20. The van der Waals surface area contributed by atoms with Gasteiger partial charge in [0.05, 0.1) is 5.70 Å². The summed E-state index contributed by atoms with van der Waals surface area (Å²) in [6.45, 7) is 7.44. The molecule has 0 bridgehead atoms. The molecule has 1 rings (SSSR count). The lowest BCUT2D eigenvalue weighted by Gasteiger charge is -2.38. The first-order valence-corrected chi connectivity index (χ1v) is 6.29. The van der Waals surface area contributed by atoms with E-state index in [4.69, 9.17) is 0 Å². The maximum absolute atomic E-state index is 11.2. The van der Waals surface area contributed by atoms with Gasteiger partial charge in [0.15, 0.2) is 0 Å². The molecule has 0 amide bonds.